The number of nitrogens with zero attached hydrogens (tertiary/aromatic N) is 1. The van der Waals surface area contributed by atoms with Crippen molar-refractivity contribution in [2.24, 2.45) is 0 Å². The number of non-ortho nitro benzene ring substituents is 1. The zero-order valence-corrected chi connectivity index (χ0v) is 15.1. The van der Waals surface area contributed by atoms with Gasteiger partial charge in [0.2, 0.25) is 6.79 Å². The first-order valence-corrected chi connectivity index (χ1v) is 8.26. The molecule has 28 heavy (non-hydrogen) atoms. The molecule has 0 saturated heterocycles. The maximum absolute atomic E-state index is 12.4. The number of rotatable bonds is 6. The average Bonchev–Trinajstić information content (AvgIpc) is 3.15. The third kappa shape index (κ3) is 3.95. The quantitative estimate of drug-likeness (QED) is 0.439. The Morgan fingerprint density at radius 3 is 2.64 bits per heavy atom. The van der Waals surface area contributed by atoms with Crippen LogP contribution in [0.4, 0.5) is 17.1 Å². The Hall–Kier alpha value is -3.82. The molecule has 0 saturated carbocycles. The van der Waals surface area contributed by atoms with Crippen LogP contribution in [0.3, 0.4) is 0 Å². The minimum atomic E-state index is -1.14. The topological polar surface area (TPSA) is 129 Å². The van der Waals surface area contributed by atoms with Gasteiger partial charge in [-0.2, -0.15) is 0 Å². The number of benzene rings is 2. The van der Waals surface area contributed by atoms with Crippen LogP contribution in [0, 0.1) is 10.1 Å². The Morgan fingerprint density at radius 2 is 1.93 bits per heavy atom. The summed E-state index contributed by atoms with van der Waals surface area (Å²) in [5.41, 5.74) is 0.491. The van der Waals surface area contributed by atoms with Crippen molar-refractivity contribution in [2.45, 2.75) is 13.0 Å². The Balaban J connectivity index is 1.69. The summed E-state index contributed by atoms with van der Waals surface area (Å²) in [5, 5.41) is 16.3. The van der Waals surface area contributed by atoms with E-state index in [1.807, 2.05) is 0 Å². The molecule has 1 amide bonds. The second-order valence-corrected chi connectivity index (χ2v) is 5.84. The van der Waals surface area contributed by atoms with Crippen LogP contribution in [0.1, 0.15) is 17.3 Å². The number of hydrogen-bond donors (Lipinski definition) is 2. The van der Waals surface area contributed by atoms with Crippen molar-refractivity contribution in [3.8, 4) is 11.5 Å². The molecule has 10 heteroatoms. The lowest BCUT2D eigenvalue weighted by atomic mass is 10.1. The van der Waals surface area contributed by atoms with E-state index in [4.69, 9.17) is 14.2 Å². The smallest absolute Gasteiger partial charge is 0.341 e. The standard InChI is InChI=1S/C18H17N3O7/c1-10(17(22)20-11-3-6-15-16(7-11)27-9-26-15)28-18(23)13-8-12(21(24)25)4-5-14(13)19-2/h3-8,10,19H,9H2,1-2H3,(H,20,22)/t10-/m1/s1. The number of ether oxygens (including phenoxy) is 3. The fourth-order valence-electron chi connectivity index (χ4n) is 2.53. The summed E-state index contributed by atoms with van der Waals surface area (Å²) in [6, 6.07) is 8.62. The molecule has 0 fully saturated rings. The van der Waals surface area contributed by atoms with Crippen LogP contribution < -0.4 is 20.1 Å². The van der Waals surface area contributed by atoms with Gasteiger partial charge in [0.15, 0.2) is 17.6 Å². The summed E-state index contributed by atoms with van der Waals surface area (Å²) in [4.78, 5) is 35.1. The molecule has 1 aliphatic heterocycles. The number of nitro benzene ring substituents is 1. The van der Waals surface area contributed by atoms with Crippen LogP contribution in [0.15, 0.2) is 36.4 Å². The molecule has 146 valence electrons. The van der Waals surface area contributed by atoms with Gasteiger partial charge in [0.25, 0.3) is 11.6 Å². The van der Waals surface area contributed by atoms with Gasteiger partial charge in [-0.25, -0.2) is 4.79 Å². The highest BCUT2D eigenvalue weighted by atomic mass is 16.7. The number of nitrogens with one attached hydrogen (secondary N) is 2. The first-order chi connectivity index (χ1) is 13.4. The minimum Gasteiger partial charge on any atom is -0.454 e. The first kappa shape index (κ1) is 19.0. The van der Waals surface area contributed by atoms with E-state index in [1.54, 1.807) is 25.2 Å². The van der Waals surface area contributed by atoms with Gasteiger partial charge in [0.1, 0.15) is 0 Å². The van der Waals surface area contributed by atoms with Crippen molar-refractivity contribution < 1.29 is 28.7 Å². The van der Waals surface area contributed by atoms with E-state index in [-0.39, 0.29) is 18.0 Å². The molecule has 1 heterocycles. The van der Waals surface area contributed by atoms with E-state index in [0.29, 0.717) is 22.9 Å². The molecular weight excluding hydrogens is 370 g/mol. The SMILES string of the molecule is CNc1ccc([N+](=O)[O-])cc1C(=O)O[C@H](C)C(=O)Nc1ccc2c(c1)OCO2. The second kappa shape index (κ2) is 7.82. The maximum atomic E-state index is 12.4. The largest absolute Gasteiger partial charge is 0.454 e. The number of carbonyl (C=O) groups is 2. The average molecular weight is 387 g/mol. The molecule has 0 radical (unpaired) electrons. The molecule has 1 aliphatic rings. The lowest BCUT2D eigenvalue weighted by Gasteiger charge is -2.15. The predicted octanol–water partition coefficient (Wildman–Crippen LogP) is 2.55. The highest BCUT2D eigenvalue weighted by Crippen LogP contribution is 2.34. The van der Waals surface area contributed by atoms with Gasteiger partial charge in [-0.3, -0.25) is 14.9 Å². The Labute approximate surface area is 159 Å². The van der Waals surface area contributed by atoms with Crippen LogP contribution >= 0.6 is 0 Å². The number of esters is 1. The minimum absolute atomic E-state index is 0.0422. The van der Waals surface area contributed by atoms with Crippen molar-refractivity contribution >= 4 is 28.9 Å². The number of hydrogen-bond acceptors (Lipinski definition) is 8. The second-order valence-electron chi connectivity index (χ2n) is 5.84. The summed E-state index contributed by atoms with van der Waals surface area (Å²) in [5.74, 6) is -0.356. The van der Waals surface area contributed by atoms with Crippen molar-refractivity contribution in [1.82, 2.24) is 0 Å². The van der Waals surface area contributed by atoms with Crippen molar-refractivity contribution in [1.29, 1.82) is 0 Å². The van der Waals surface area contributed by atoms with E-state index in [2.05, 4.69) is 10.6 Å². The van der Waals surface area contributed by atoms with Crippen molar-refractivity contribution in [3.63, 3.8) is 0 Å². The monoisotopic (exact) mass is 387 g/mol. The Kier molecular flexibility index (Phi) is 5.30. The van der Waals surface area contributed by atoms with Gasteiger partial charge in [-0.15, -0.1) is 0 Å². The summed E-state index contributed by atoms with van der Waals surface area (Å²) in [6.45, 7) is 1.51. The molecule has 2 N–H and O–H groups in total. The first-order valence-electron chi connectivity index (χ1n) is 8.26. The number of nitro groups is 1. The molecule has 1 atom stereocenters. The number of carbonyl (C=O) groups excluding carboxylic acids is 2. The van der Waals surface area contributed by atoms with Gasteiger partial charge in [0.05, 0.1) is 10.5 Å². The molecule has 2 aromatic carbocycles. The number of fused-ring (bicyclic) bond motifs is 1. The van der Waals surface area contributed by atoms with E-state index in [0.717, 1.165) is 6.07 Å². The number of amides is 1. The summed E-state index contributed by atoms with van der Waals surface area (Å²) in [7, 11) is 1.56. The predicted molar refractivity (Wildman–Crippen MR) is 98.7 cm³/mol. The molecule has 0 bridgehead atoms. The van der Waals surface area contributed by atoms with Crippen molar-refractivity contribution in [2.75, 3.05) is 24.5 Å². The van der Waals surface area contributed by atoms with E-state index >= 15 is 0 Å². The van der Waals surface area contributed by atoms with Gasteiger partial charge in [-0.1, -0.05) is 0 Å². The molecule has 0 unspecified atom stereocenters. The number of anilines is 2. The maximum Gasteiger partial charge on any atom is 0.341 e. The van der Waals surface area contributed by atoms with Gasteiger partial charge >= 0.3 is 5.97 Å². The van der Waals surface area contributed by atoms with Crippen molar-refractivity contribution in [3.05, 3.63) is 52.1 Å². The fourth-order valence-corrected chi connectivity index (χ4v) is 2.53. The van der Waals surface area contributed by atoms with Crippen LogP contribution in [-0.2, 0) is 9.53 Å². The summed E-state index contributed by atoms with van der Waals surface area (Å²) >= 11 is 0. The Morgan fingerprint density at radius 1 is 1.18 bits per heavy atom. The molecular formula is C18H17N3O7. The summed E-state index contributed by atoms with van der Waals surface area (Å²) < 4.78 is 15.6. The molecule has 0 aliphatic carbocycles. The van der Waals surface area contributed by atoms with Crippen LogP contribution in [-0.4, -0.2) is 36.7 Å². The highest BCUT2D eigenvalue weighted by Gasteiger charge is 2.23. The van der Waals surface area contributed by atoms with Crippen LogP contribution in [0.25, 0.3) is 0 Å². The molecule has 0 spiro atoms. The third-order valence-corrected chi connectivity index (χ3v) is 4.00. The van der Waals surface area contributed by atoms with Gasteiger partial charge in [0, 0.05) is 36.6 Å². The zero-order chi connectivity index (χ0) is 20.3. The highest BCUT2D eigenvalue weighted by molar-refractivity contribution is 6.00. The summed E-state index contributed by atoms with van der Waals surface area (Å²) in [6.07, 6.45) is -1.14. The van der Waals surface area contributed by atoms with E-state index < -0.39 is 22.9 Å². The fraction of sp³-hybridized carbons (Fsp3) is 0.222. The lowest BCUT2D eigenvalue weighted by molar-refractivity contribution is -0.384. The van der Waals surface area contributed by atoms with Crippen LogP contribution in [0.2, 0.25) is 0 Å². The molecule has 3 rings (SSSR count). The Bertz CT molecular complexity index is 945. The van der Waals surface area contributed by atoms with Gasteiger partial charge < -0.3 is 24.8 Å². The molecule has 2 aromatic rings. The molecule has 0 aromatic heterocycles. The van der Waals surface area contributed by atoms with E-state index in [1.165, 1.54) is 19.1 Å². The van der Waals surface area contributed by atoms with Gasteiger partial charge in [-0.05, 0) is 25.1 Å². The van der Waals surface area contributed by atoms with E-state index in [9.17, 15) is 19.7 Å². The lowest BCUT2D eigenvalue weighted by Crippen LogP contribution is -2.30. The normalized spacial score (nSPS) is 12.8. The van der Waals surface area contributed by atoms with Crippen LogP contribution in [0.5, 0.6) is 11.5 Å². The third-order valence-electron chi connectivity index (χ3n) is 4.00. The molecule has 10 nitrogen and oxygen atoms in total. The zero-order valence-electron chi connectivity index (χ0n) is 15.1.